The van der Waals surface area contributed by atoms with Gasteiger partial charge in [0.15, 0.2) is 0 Å². The zero-order valence-electron chi connectivity index (χ0n) is 12.4. The summed E-state index contributed by atoms with van der Waals surface area (Å²) in [6.45, 7) is 4.81. The third-order valence-electron chi connectivity index (χ3n) is 4.68. The van der Waals surface area contributed by atoms with E-state index < -0.39 is 0 Å². The second-order valence-electron chi connectivity index (χ2n) is 6.23. The zero-order valence-corrected chi connectivity index (χ0v) is 12.4. The molecule has 21 heavy (non-hydrogen) atoms. The molecule has 2 fully saturated rings. The second kappa shape index (κ2) is 6.57. The number of nitrogens with zero attached hydrogens (tertiary/aromatic N) is 3. The van der Waals surface area contributed by atoms with Gasteiger partial charge in [-0.3, -0.25) is 9.80 Å². The van der Waals surface area contributed by atoms with Gasteiger partial charge in [0.25, 0.3) is 0 Å². The van der Waals surface area contributed by atoms with Gasteiger partial charge in [0, 0.05) is 25.7 Å². The summed E-state index contributed by atoms with van der Waals surface area (Å²) in [6, 6.07) is 10.2. The van der Waals surface area contributed by atoms with Crippen molar-refractivity contribution in [2.45, 2.75) is 38.0 Å². The molecule has 112 valence electrons. The van der Waals surface area contributed by atoms with Gasteiger partial charge in [-0.05, 0) is 43.6 Å². The van der Waals surface area contributed by atoms with E-state index in [2.05, 4.69) is 15.9 Å². The van der Waals surface area contributed by atoms with Crippen LogP contribution in [-0.4, -0.2) is 53.2 Å². The van der Waals surface area contributed by atoms with Crippen LogP contribution in [0, 0.1) is 11.3 Å². The quantitative estimate of drug-likeness (QED) is 0.916. The molecule has 2 atom stereocenters. The number of β-amino-alcohol motifs (C(OH)–C–C–N with tert-alkyl or cyclic N) is 1. The number of hydrogen-bond donors (Lipinski definition) is 1. The van der Waals surface area contributed by atoms with Gasteiger partial charge in [0.1, 0.15) is 0 Å². The molecule has 2 aliphatic rings. The van der Waals surface area contributed by atoms with E-state index in [9.17, 15) is 5.11 Å². The Morgan fingerprint density at radius 1 is 1.10 bits per heavy atom. The van der Waals surface area contributed by atoms with Gasteiger partial charge in [-0.1, -0.05) is 18.6 Å². The fourth-order valence-corrected chi connectivity index (χ4v) is 3.53. The van der Waals surface area contributed by atoms with Gasteiger partial charge in [-0.15, -0.1) is 0 Å². The Hall–Kier alpha value is -1.41. The molecule has 0 unspecified atom stereocenters. The number of benzene rings is 1. The lowest BCUT2D eigenvalue weighted by atomic mass is 10.1. The average Bonchev–Trinajstić information content (AvgIpc) is 2.89. The normalized spacial score (nSPS) is 27.6. The molecular formula is C17H23N3O. The van der Waals surface area contributed by atoms with Crippen LogP contribution in [0.1, 0.15) is 30.4 Å². The summed E-state index contributed by atoms with van der Waals surface area (Å²) in [5.74, 6) is 0. The van der Waals surface area contributed by atoms with Crippen LogP contribution in [0.5, 0.6) is 0 Å². The van der Waals surface area contributed by atoms with Crippen LogP contribution in [0.15, 0.2) is 24.3 Å². The van der Waals surface area contributed by atoms with E-state index in [0.29, 0.717) is 11.6 Å². The molecule has 0 aliphatic carbocycles. The molecule has 0 amide bonds. The molecule has 1 N–H and O–H groups in total. The van der Waals surface area contributed by atoms with E-state index in [4.69, 9.17) is 5.26 Å². The van der Waals surface area contributed by atoms with Crippen LogP contribution in [-0.2, 0) is 6.54 Å². The number of nitriles is 1. The Labute approximate surface area is 126 Å². The minimum atomic E-state index is -0.235. The molecule has 0 radical (unpaired) electrons. The highest BCUT2D eigenvalue weighted by atomic mass is 16.3. The Balaban J connectivity index is 1.58. The summed E-state index contributed by atoms with van der Waals surface area (Å²) in [5, 5.41) is 19.2. The monoisotopic (exact) mass is 285 g/mol. The molecule has 1 aromatic carbocycles. The topological polar surface area (TPSA) is 50.5 Å². The number of hydrogen-bond acceptors (Lipinski definition) is 4. The number of aliphatic hydroxyl groups excluding tert-OH is 1. The van der Waals surface area contributed by atoms with Crippen LogP contribution < -0.4 is 0 Å². The standard InChI is InChI=1S/C17H23N3O/c18-10-14-4-6-15(7-5-14)11-19-12-16(17(21)13-19)20-8-2-1-3-9-20/h4-7,16-17,21H,1-3,8-9,11-13H2/t16-,17-/m0/s1. The Morgan fingerprint density at radius 3 is 2.48 bits per heavy atom. The number of rotatable bonds is 3. The molecule has 4 heteroatoms. The third kappa shape index (κ3) is 3.44. The average molecular weight is 285 g/mol. The minimum absolute atomic E-state index is 0.235. The minimum Gasteiger partial charge on any atom is -0.390 e. The first-order valence-corrected chi connectivity index (χ1v) is 7.90. The van der Waals surface area contributed by atoms with Crippen molar-refractivity contribution < 1.29 is 5.11 Å². The Kier molecular flexibility index (Phi) is 4.54. The van der Waals surface area contributed by atoms with Gasteiger partial charge in [0.05, 0.1) is 17.7 Å². The molecule has 2 aliphatic heterocycles. The third-order valence-corrected chi connectivity index (χ3v) is 4.68. The van der Waals surface area contributed by atoms with E-state index in [0.717, 1.165) is 32.7 Å². The second-order valence-corrected chi connectivity index (χ2v) is 6.23. The highest BCUT2D eigenvalue weighted by molar-refractivity contribution is 5.31. The van der Waals surface area contributed by atoms with E-state index in [1.807, 2.05) is 24.3 Å². The lowest BCUT2D eigenvalue weighted by molar-refractivity contribution is 0.0706. The molecule has 4 nitrogen and oxygen atoms in total. The van der Waals surface area contributed by atoms with Gasteiger partial charge in [-0.2, -0.15) is 5.26 Å². The van der Waals surface area contributed by atoms with Crippen molar-refractivity contribution in [3.05, 3.63) is 35.4 Å². The van der Waals surface area contributed by atoms with Crippen molar-refractivity contribution in [2.24, 2.45) is 0 Å². The summed E-state index contributed by atoms with van der Waals surface area (Å²) in [5.41, 5.74) is 1.91. The Bertz CT molecular complexity index is 502. The summed E-state index contributed by atoms with van der Waals surface area (Å²) in [7, 11) is 0. The predicted molar refractivity (Wildman–Crippen MR) is 81.7 cm³/mol. The molecule has 0 bridgehead atoms. The van der Waals surface area contributed by atoms with Crippen LogP contribution >= 0.6 is 0 Å². The smallest absolute Gasteiger partial charge is 0.0991 e. The van der Waals surface area contributed by atoms with Crippen LogP contribution in [0.4, 0.5) is 0 Å². The highest BCUT2D eigenvalue weighted by Crippen LogP contribution is 2.22. The SMILES string of the molecule is N#Cc1ccc(CN2C[C@H](O)[C@@H](N3CCCCC3)C2)cc1. The molecular weight excluding hydrogens is 262 g/mol. The fraction of sp³-hybridized carbons (Fsp3) is 0.588. The maximum absolute atomic E-state index is 10.3. The molecule has 0 aromatic heterocycles. The van der Waals surface area contributed by atoms with E-state index in [1.165, 1.54) is 24.8 Å². The molecule has 0 saturated carbocycles. The molecule has 0 spiro atoms. The van der Waals surface area contributed by atoms with Crippen molar-refractivity contribution in [3.8, 4) is 6.07 Å². The maximum atomic E-state index is 10.3. The van der Waals surface area contributed by atoms with Crippen molar-refractivity contribution in [1.29, 1.82) is 5.26 Å². The molecule has 2 heterocycles. The summed E-state index contributed by atoms with van der Waals surface area (Å²) in [6.07, 6.45) is 3.62. The zero-order chi connectivity index (χ0) is 14.7. The van der Waals surface area contributed by atoms with Crippen LogP contribution in [0.25, 0.3) is 0 Å². The van der Waals surface area contributed by atoms with E-state index in [-0.39, 0.29) is 6.10 Å². The van der Waals surface area contributed by atoms with Crippen molar-refractivity contribution in [1.82, 2.24) is 9.80 Å². The number of aliphatic hydroxyl groups is 1. The number of piperidine rings is 1. The lowest BCUT2D eigenvalue weighted by Gasteiger charge is -2.33. The first kappa shape index (κ1) is 14.5. The molecule has 2 saturated heterocycles. The van der Waals surface area contributed by atoms with Crippen molar-refractivity contribution >= 4 is 0 Å². The van der Waals surface area contributed by atoms with Gasteiger partial charge in [-0.25, -0.2) is 0 Å². The maximum Gasteiger partial charge on any atom is 0.0991 e. The van der Waals surface area contributed by atoms with E-state index >= 15 is 0 Å². The van der Waals surface area contributed by atoms with Crippen LogP contribution in [0.3, 0.4) is 0 Å². The van der Waals surface area contributed by atoms with Crippen molar-refractivity contribution in [2.75, 3.05) is 26.2 Å². The molecule has 1 aromatic rings. The fourth-order valence-electron chi connectivity index (χ4n) is 3.53. The summed E-state index contributed by atoms with van der Waals surface area (Å²) in [4.78, 5) is 4.79. The predicted octanol–water partition coefficient (Wildman–Crippen LogP) is 1.59. The Morgan fingerprint density at radius 2 is 1.81 bits per heavy atom. The first-order chi connectivity index (χ1) is 10.3. The number of likely N-dealkylation sites (tertiary alicyclic amines) is 2. The van der Waals surface area contributed by atoms with Crippen LogP contribution in [0.2, 0.25) is 0 Å². The summed E-state index contributed by atoms with van der Waals surface area (Å²) < 4.78 is 0. The summed E-state index contributed by atoms with van der Waals surface area (Å²) >= 11 is 0. The first-order valence-electron chi connectivity index (χ1n) is 7.90. The highest BCUT2D eigenvalue weighted by Gasteiger charge is 2.35. The van der Waals surface area contributed by atoms with E-state index in [1.54, 1.807) is 0 Å². The lowest BCUT2D eigenvalue weighted by Crippen LogP contribution is -2.45. The van der Waals surface area contributed by atoms with Crippen molar-refractivity contribution in [3.63, 3.8) is 0 Å². The van der Waals surface area contributed by atoms with Gasteiger partial charge in [0.2, 0.25) is 0 Å². The molecule has 3 rings (SSSR count). The van der Waals surface area contributed by atoms with Gasteiger partial charge >= 0.3 is 0 Å². The van der Waals surface area contributed by atoms with Gasteiger partial charge < -0.3 is 5.11 Å². The largest absolute Gasteiger partial charge is 0.390 e.